The molecule has 1 N–H and O–H groups in total. The first-order valence-electron chi connectivity index (χ1n) is 10.3. The monoisotopic (exact) mass is 442 g/mol. The summed E-state index contributed by atoms with van der Waals surface area (Å²) in [5.41, 5.74) is 2.77. The van der Waals surface area contributed by atoms with Crippen molar-refractivity contribution in [3.63, 3.8) is 0 Å². The number of ether oxygens (including phenoxy) is 1. The Morgan fingerprint density at radius 2 is 1.65 bits per heavy atom. The second-order valence-electron chi connectivity index (χ2n) is 8.62. The number of rotatable bonds is 7. The molecule has 0 saturated carbocycles. The van der Waals surface area contributed by atoms with Crippen molar-refractivity contribution >= 4 is 9.84 Å². The molecule has 0 amide bonds. The van der Waals surface area contributed by atoms with E-state index in [0.29, 0.717) is 18.5 Å². The van der Waals surface area contributed by atoms with Crippen LogP contribution in [0.4, 0.5) is 0 Å². The van der Waals surface area contributed by atoms with Gasteiger partial charge in [-0.2, -0.15) is 5.10 Å². The van der Waals surface area contributed by atoms with Crippen LogP contribution in [0.3, 0.4) is 0 Å². The van der Waals surface area contributed by atoms with E-state index < -0.39 is 21.7 Å². The van der Waals surface area contributed by atoms with Crippen LogP contribution >= 0.6 is 0 Å². The summed E-state index contributed by atoms with van der Waals surface area (Å²) in [5, 5.41) is 14.9. The number of benzene rings is 2. The zero-order chi connectivity index (χ0) is 22.8. The van der Waals surface area contributed by atoms with Gasteiger partial charge >= 0.3 is 0 Å². The highest BCUT2D eigenvalue weighted by Crippen LogP contribution is 2.26. The van der Waals surface area contributed by atoms with E-state index >= 15 is 0 Å². The number of aromatic nitrogens is 2. The maximum atomic E-state index is 13.2. The quantitative estimate of drug-likeness (QED) is 0.558. The van der Waals surface area contributed by atoms with Crippen LogP contribution in [-0.4, -0.2) is 35.2 Å². The van der Waals surface area contributed by atoms with Crippen molar-refractivity contribution in [3.8, 4) is 0 Å². The number of hydrogen-bond acceptors (Lipinski definition) is 5. The molecule has 3 rings (SSSR count). The maximum Gasteiger partial charge on any atom is 0.206 e. The predicted octanol–water partition coefficient (Wildman–Crippen LogP) is 4.06. The minimum atomic E-state index is -3.65. The van der Waals surface area contributed by atoms with Gasteiger partial charge in [0.1, 0.15) is 0 Å². The van der Waals surface area contributed by atoms with Gasteiger partial charge in [0.05, 0.1) is 27.6 Å². The van der Waals surface area contributed by atoms with Crippen LogP contribution in [-0.2, 0) is 27.5 Å². The normalized spacial score (nSPS) is 13.4. The van der Waals surface area contributed by atoms with Gasteiger partial charge in [0.2, 0.25) is 9.84 Å². The summed E-state index contributed by atoms with van der Waals surface area (Å²) in [5.74, 6) is 0. The van der Waals surface area contributed by atoms with Crippen molar-refractivity contribution in [2.75, 3.05) is 0 Å². The van der Waals surface area contributed by atoms with Crippen LogP contribution in [0.5, 0.6) is 0 Å². The van der Waals surface area contributed by atoms with E-state index in [-0.39, 0.29) is 9.79 Å². The Bertz CT molecular complexity index is 1150. The summed E-state index contributed by atoms with van der Waals surface area (Å²) >= 11 is 0. The molecule has 0 spiro atoms. The van der Waals surface area contributed by atoms with Crippen molar-refractivity contribution in [2.45, 2.75) is 69.3 Å². The molecule has 0 fully saturated rings. The molecule has 0 aliphatic rings. The molecule has 0 radical (unpaired) electrons. The third kappa shape index (κ3) is 5.42. The number of aliphatic hydroxyl groups excluding tert-OH is 1. The number of nitrogens with zero attached hydrogens (tertiary/aromatic N) is 2. The Kier molecular flexibility index (Phi) is 6.69. The summed E-state index contributed by atoms with van der Waals surface area (Å²) < 4.78 is 33.8. The van der Waals surface area contributed by atoms with Gasteiger partial charge in [-0.25, -0.2) is 8.42 Å². The maximum absolute atomic E-state index is 13.2. The number of hydrogen-bond donors (Lipinski definition) is 1. The lowest BCUT2D eigenvalue weighted by atomic mass is 10.1. The lowest BCUT2D eigenvalue weighted by Gasteiger charge is -2.24. The van der Waals surface area contributed by atoms with E-state index in [4.69, 9.17) is 4.74 Å². The van der Waals surface area contributed by atoms with Crippen molar-refractivity contribution in [3.05, 3.63) is 77.1 Å². The van der Waals surface area contributed by atoms with Crippen LogP contribution in [0.15, 0.2) is 64.4 Å². The third-order valence-electron chi connectivity index (χ3n) is 5.04. The summed E-state index contributed by atoms with van der Waals surface area (Å²) in [4.78, 5) is 0.533. The Balaban J connectivity index is 1.92. The molecule has 1 unspecified atom stereocenters. The average Bonchev–Trinajstić information content (AvgIpc) is 2.95. The van der Waals surface area contributed by atoms with Gasteiger partial charge in [-0.15, -0.1) is 0 Å². The molecular weight excluding hydrogens is 412 g/mol. The molecule has 0 aliphatic carbocycles. The van der Waals surface area contributed by atoms with Gasteiger partial charge in [0.15, 0.2) is 6.29 Å². The standard InChI is InChI=1S/C24H30N2O4S/c1-17-21(15-23(27)30-24(3,4)5)18(2)26(25-17)16-19-11-9-10-14-22(19)31(28,29)20-12-7-6-8-13-20/h6-14,23,27H,15-16H2,1-5H3. The predicted molar refractivity (Wildman–Crippen MR) is 120 cm³/mol. The zero-order valence-electron chi connectivity index (χ0n) is 18.7. The molecule has 31 heavy (non-hydrogen) atoms. The van der Waals surface area contributed by atoms with Gasteiger partial charge in [-0.1, -0.05) is 36.4 Å². The molecule has 166 valence electrons. The van der Waals surface area contributed by atoms with E-state index in [1.807, 2.05) is 46.8 Å². The Morgan fingerprint density at radius 3 is 2.29 bits per heavy atom. The molecule has 0 aliphatic heterocycles. The molecule has 1 heterocycles. The smallest absolute Gasteiger partial charge is 0.206 e. The lowest BCUT2D eigenvalue weighted by Crippen LogP contribution is -2.28. The molecule has 2 aromatic carbocycles. The van der Waals surface area contributed by atoms with E-state index in [1.54, 1.807) is 47.1 Å². The number of aliphatic hydroxyl groups is 1. The third-order valence-corrected chi connectivity index (χ3v) is 6.91. The topological polar surface area (TPSA) is 81.4 Å². The lowest BCUT2D eigenvalue weighted by molar-refractivity contribution is -0.164. The minimum absolute atomic E-state index is 0.263. The SMILES string of the molecule is Cc1nn(Cc2ccccc2S(=O)(=O)c2ccccc2)c(C)c1CC(O)OC(C)(C)C. The fourth-order valence-corrected chi connectivity index (χ4v) is 5.10. The molecule has 1 atom stereocenters. The summed E-state index contributed by atoms with van der Waals surface area (Å²) in [7, 11) is -3.65. The molecule has 3 aromatic rings. The Hall–Kier alpha value is -2.48. The van der Waals surface area contributed by atoms with Gasteiger partial charge < -0.3 is 9.84 Å². The second-order valence-corrected chi connectivity index (χ2v) is 10.5. The van der Waals surface area contributed by atoms with Crippen LogP contribution in [0.25, 0.3) is 0 Å². The molecule has 0 saturated heterocycles. The molecule has 6 nitrogen and oxygen atoms in total. The summed E-state index contributed by atoms with van der Waals surface area (Å²) in [6, 6.07) is 15.4. The van der Waals surface area contributed by atoms with Crippen molar-refractivity contribution < 1.29 is 18.3 Å². The second kappa shape index (κ2) is 8.94. The van der Waals surface area contributed by atoms with Crippen molar-refractivity contribution in [2.24, 2.45) is 0 Å². The van der Waals surface area contributed by atoms with Gasteiger partial charge in [-0.3, -0.25) is 4.68 Å². The van der Waals surface area contributed by atoms with Crippen LogP contribution in [0.2, 0.25) is 0 Å². The highest BCUT2D eigenvalue weighted by atomic mass is 32.2. The van der Waals surface area contributed by atoms with Crippen LogP contribution < -0.4 is 0 Å². The van der Waals surface area contributed by atoms with E-state index in [0.717, 1.165) is 17.0 Å². The van der Waals surface area contributed by atoms with Crippen LogP contribution in [0.1, 0.15) is 43.3 Å². The average molecular weight is 443 g/mol. The Labute approximate surface area is 184 Å². The van der Waals surface area contributed by atoms with Crippen molar-refractivity contribution in [1.29, 1.82) is 0 Å². The zero-order valence-corrected chi connectivity index (χ0v) is 19.5. The van der Waals surface area contributed by atoms with E-state index in [9.17, 15) is 13.5 Å². The highest BCUT2D eigenvalue weighted by molar-refractivity contribution is 7.91. The van der Waals surface area contributed by atoms with E-state index in [1.165, 1.54) is 0 Å². The molecule has 1 aromatic heterocycles. The van der Waals surface area contributed by atoms with Crippen molar-refractivity contribution in [1.82, 2.24) is 9.78 Å². The van der Waals surface area contributed by atoms with E-state index in [2.05, 4.69) is 5.10 Å². The largest absolute Gasteiger partial charge is 0.368 e. The molecule has 7 heteroatoms. The van der Waals surface area contributed by atoms with Crippen LogP contribution in [0, 0.1) is 13.8 Å². The number of sulfone groups is 1. The first kappa shape index (κ1) is 23.2. The fourth-order valence-electron chi connectivity index (χ4n) is 3.59. The van der Waals surface area contributed by atoms with Gasteiger partial charge in [0, 0.05) is 17.7 Å². The first-order chi connectivity index (χ1) is 14.5. The Morgan fingerprint density at radius 1 is 1.03 bits per heavy atom. The summed E-state index contributed by atoms with van der Waals surface area (Å²) in [6.07, 6.45) is -0.625. The number of aryl methyl sites for hydroxylation is 1. The summed E-state index contributed by atoms with van der Waals surface area (Å²) in [6.45, 7) is 9.80. The molecular formula is C24H30N2O4S. The molecule has 0 bridgehead atoms. The van der Waals surface area contributed by atoms with Gasteiger partial charge in [0.25, 0.3) is 0 Å². The fraction of sp³-hybridized carbons (Fsp3) is 0.375. The van der Waals surface area contributed by atoms with Gasteiger partial charge in [-0.05, 0) is 58.4 Å². The minimum Gasteiger partial charge on any atom is -0.368 e. The highest BCUT2D eigenvalue weighted by Gasteiger charge is 2.23. The first-order valence-corrected chi connectivity index (χ1v) is 11.7.